The Morgan fingerprint density at radius 3 is 2.62 bits per heavy atom. The molecule has 0 aromatic heterocycles. The molecule has 6 nitrogen and oxygen atoms in total. The van der Waals surface area contributed by atoms with E-state index >= 15 is 0 Å². The normalized spacial score (nSPS) is 16.1. The highest BCUT2D eigenvalue weighted by atomic mass is 79.9. The molecule has 1 N–H and O–H groups in total. The number of carbonyl (C=O) groups excluding carboxylic acids is 3. The van der Waals surface area contributed by atoms with E-state index in [1.165, 1.54) is 0 Å². The van der Waals surface area contributed by atoms with Crippen LogP contribution in [0.15, 0.2) is 40.9 Å². The van der Waals surface area contributed by atoms with Crippen molar-refractivity contribution >= 4 is 45.1 Å². The maximum absolute atomic E-state index is 12.4. The molecular weight excluding hydrogens is 436 g/mol. The molecule has 0 unspecified atom stereocenters. The first-order chi connectivity index (χ1) is 13.7. The monoisotopic (exact) mass is 458 g/mol. The van der Waals surface area contributed by atoms with Crippen LogP contribution in [-0.2, 0) is 19.1 Å². The number of esters is 1. The molecule has 2 amide bonds. The van der Waals surface area contributed by atoms with E-state index in [0.29, 0.717) is 5.69 Å². The molecule has 1 heterocycles. The average molecular weight is 459 g/mol. The van der Waals surface area contributed by atoms with Crippen molar-refractivity contribution in [2.45, 2.75) is 27.2 Å². The summed E-state index contributed by atoms with van der Waals surface area (Å²) in [6.45, 7) is 5.64. The van der Waals surface area contributed by atoms with Crippen LogP contribution in [0, 0.1) is 26.7 Å². The number of benzene rings is 2. The number of aryl methyl sites for hydroxylation is 3. The Bertz CT molecular complexity index is 973. The summed E-state index contributed by atoms with van der Waals surface area (Å²) < 4.78 is 6.09. The van der Waals surface area contributed by atoms with Crippen LogP contribution in [0.4, 0.5) is 11.4 Å². The van der Waals surface area contributed by atoms with Crippen molar-refractivity contribution in [1.29, 1.82) is 0 Å². The predicted molar refractivity (Wildman–Crippen MR) is 115 cm³/mol. The van der Waals surface area contributed by atoms with Gasteiger partial charge in [0.15, 0.2) is 6.61 Å². The fourth-order valence-electron chi connectivity index (χ4n) is 3.32. The van der Waals surface area contributed by atoms with Crippen LogP contribution in [-0.4, -0.2) is 30.9 Å². The Kier molecular flexibility index (Phi) is 6.37. The molecule has 7 heteroatoms. The third kappa shape index (κ3) is 5.03. The third-order valence-electron chi connectivity index (χ3n) is 4.92. The number of ether oxygens (including phenoxy) is 1. The zero-order valence-electron chi connectivity index (χ0n) is 16.6. The Labute approximate surface area is 178 Å². The number of anilines is 2. The molecule has 1 saturated heterocycles. The van der Waals surface area contributed by atoms with Gasteiger partial charge < -0.3 is 15.0 Å². The fraction of sp³-hybridized carbons (Fsp3) is 0.318. The second kappa shape index (κ2) is 8.78. The van der Waals surface area contributed by atoms with E-state index in [4.69, 9.17) is 4.74 Å². The summed E-state index contributed by atoms with van der Waals surface area (Å²) in [7, 11) is 0. The zero-order valence-corrected chi connectivity index (χ0v) is 18.2. The first-order valence-corrected chi connectivity index (χ1v) is 10.1. The van der Waals surface area contributed by atoms with Crippen LogP contribution in [0.2, 0.25) is 0 Å². The molecule has 3 rings (SSSR count). The largest absolute Gasteiger partial charge is 0.455 e. The molecular formula is C22H23BrN2O4. The first-order valence-electron chi connectivity index (χ1n) is 9.35. The van der Waals surface area contributed by atoms with Gasteiger partial charge in [-0.3, -0.25) is 14.4 Å². The molecule has 0 spiro atoms. The summed E-state index contributed by atoms with van der Waals surface area (Å²) in [5.74, 6) is -1.64. The predicted octanol–water partition coefficient (Wildman–Crippen LogP) is 3.91. The van der Waals surface area contributed by atoms with Gasteiger partial charge in [-0.1, -0.05) is 28.1 Å². The smallest absolute Gasteiger partial charge is 0.311 e. The first kappa shape index (κ1) is 21.0. The molecule has 0 radical (unpaired) electrons. The van der Waals surface area contributed by atoms with Gasteiger partial charge in [-0.25, -0.2) is 0 Å². The van der Waals surface area contributed by atoms with Gasteiger partial charge >= 0.3 is 5.97 Å². The molecule has 2 aromatic carbocycles. The van der Waals surface area contributed by atoms with Crippen LogP contribution in [0.3, 0.4) is 0 Å². The Balaban J connectivity index is 1.56. The number of hydrogen-bond donors (Lipinski definition) is 1. The molecule has 1 aliphatic heterocycles. The van der Waals surface area contributed by atoms with Gasteiger partial charge in [-0.2, -0.15) is 0 Å². The Morgan fingerprint density at radius 1 is 1.14 bits per heavy atom. The van der Waals surface area contributed by atoms with E-state index in [0.717, 1.165) is 26.9 Å². The van der Waals surface area contributed by atoms with Gasteiger partial charge in [0, 0.05) is 28.8 Å². The van der Waals surface area contributed by atoms with Gasteiger partial charge in [0.1, 0.15) is 0 Å². The number of hydrogen-bond acceptors (Lipinski definition) is 4. The van der Waals surface area contributed by atoms with Gasteiger partial charge in [-0.15, -0.1) is 0 Å². The van der Waals surface area contributed by atoms with Gasteiger partial charge in [0.2, 0.25) is 5.91 Å². The summed E-state index contributed by atoms with van der Waals surface area (Å²) >= 11 is 3.37. The van der Waals surface area contributed by atoms with Crippen LogP contribution < -0.4 is 10.2 Å². The van der Waals surface area contributed by atoms with Crippen LogP contribution >= 0.6 is 15.9 Å². The highest BCUT2D eigenvalue weighted by Gasteiger charge is 2.36. The molecule has 1 atom stereocenters. The topological polar surface area (TPSA) is 75.7 Å². The lowest BCUT2D eigenvalue weighted by Gasteiger charge is -2.19. The van der Waals surface area contributed by atoms with E-state index in [2.05, 4.69) is 21.2 Å². The van der Waals surface area contributed by atoms with Crippen molar-refractivity contribution in [3.8, 4) is 0 Å². The van der Waals surface area contributed by atoms with Crippen molar-refractivity contribution in [2.24, 2.45) is 5.92 Å². The summed E-state index contributed by atoms with van der Waals surface area (Å²) in [5, 5.41) is 2.73. The minimum absolute atomic E-state index is 0.0830. The number of nitrogens with one attached hydrogen (secondary N) is 1. The number of amides is 2. The quantitative estimate of drug-likeness (QED) is 0.689. The highest BCUT2D eigenvalue weighted by Crippen LogP contribution is 2.29. The Hall–Kier alpha value is -2.67. The van der Waals surface area contributed by atoms with Crippen molar-refractivity contribution in [3.63, 3.8) is 0 Å². The number of nitrogens with zero attached hydrogens (tertiary/aromatic N) is 1. The highest BCUT2D eigenvalue weighted by molar-refractivity contribution is 9.10. The Morgan fingerprint density at radius 2 is 1.90 bits per heavy atom. The number of carbonyl (C=O) groups is 3. The van der Waals surface area contributed by atoms with E-state index < -0.39 is 17.8 Å². The van der Waals surface area contributed by atoms with Gasteiger partial charge in [0.25, 0.3) is 5.91 Å². The molecule has 0 aliphatic carbocycles. The van der Waals surface area contributed by atoms with E-state index in [-0.39, 0.29) is 25.5 Å². The SMILES string of the molecule is Cc1ccc(C)c(N2C[C@@H](C(=O)OCC(=O)Nc3ccc(Br)cc3C)CC2=O)c1. The lowest BCUT2D eigenvalue weighted by molar-refractivity contribution is -0.151. The van der Waals surface area contributed by atoms with Crippen molar-refractivity contribution in [3.05, 3.63) is 57.6 Å². The molecule has 1 aliphatic rings. The maximum atomic E-state index is 12.4. The van der Waals surface area contributed by atoms with Crippen molar-refractivity contribution < 1.29 is 19.1 Å². The lowest BCUT2D eigenvalue weighted by atomic mass is 10.1. The summed E-state index contributed by atoms with van der Waals surface area (Å²) in [4.78, 5) is 38.6. The fourth-order valence-corrected chi connectivity index (χ4v) is 3.79. The summed E-state index contributed by atoms with van der Waals surface area (Å²) in [5.41, 5.74) is 4.39. The molecule has 1 fully saturated rings. The lowest BCUT2D eigenvalue weighted by Crippen LogP contribution is -2.28. The summed E-state index contributed by atoms with van der Waals surface area (Å²) in [6.07, 6.45) is 0.0830. The van der Waals surface area contributed by atoms with Crippen molar-refractivity contribution in [1.82, 2.24) is 0 Å². The van der Waals surface area contributed by atoms with Crippen LogP contribution in [0.1, 0.15) is 23.1 Å². The van der Waals surface area contributed by atoms with Gasteiger partial charge in [-0.05, 0) is 61.7 Å². The summed E-state index contributed by atoms with van der Waals surface area (Å²) in [6, 6.07) is 11.4. The number of rotatable bonds is 5. The number of halogens is 1. The van der Waals surface area contributed by atoms with Crippen LogP contribution in [0.5, 0.6) is 0 Å². The van der Waals surface area contributed by atoms with Crippen molar-refractivity contribution in [2.75, 3.05) is 23.4 Å². The minimum Gasteiger partial charge on any atom is -0.455 e. The average Bonchev–Trinajstić information content (AvgIpc) is 3.05. The molecule has 152 valence electrons. The van der Waals surface area contributed by atoms with Crippen LogP contribution in [0.25, 0.3) is 0 Å². The molecule has 29 heavy (non-hydrogen) atoms. The standard InChI is InChI=1S/C22H23BrN2O4/c1-13-4-5-14(2)19(8-13)25-11-16(10-21(25)27)22(28)29-12-20(26)24-18-7-6-17(23)9-15(18)3/h4-9,16H,10-12H2,1-3H3,(H,24,26)/t16-/m0/s1. The third-order valence-corrected chi connectivity index (χ3v) is 5.42. The van der Waals surface area contributed by atoms with Gasteiger partial charge in [0.05, 0.1) is 5.92 Å². The zero-order chi connectivity index (χ0) is 21.1. The molecule has 0 saturated carbocycles. The van der Waals surface area contributed by atoms with E-state index in [1.54, 1.807) is 11.0 Å². The second-order valence-electron chi connectivity index (χ2n) is 7.31. The molecule has 0 bridgehead atoms. The van der Waals surface area contributed by atoms with E-state index in [1.807, 2.05) is 51.1 Å². The maximum Gasteiger partial charge on any atom is 0.311 e. The van der Waals surface area contributed by atoms with E-state index in [9.17, 15) is 14.4 Å². The molecule has 2 aromatic rings. The minimum atomic E-state index is -0.579. The second-order valence-corrected chi connectivity index (χ2v) is 8.23.